The second kappa shape index (κ2) is 5.10. The van der Waals surface area contributed by atoms with Crippen molar-refractivity contribution in [2.75, 3.05) is 19.6 Å². The topological polar surface area (TPSA) is 58.4 Å². The first-order valence-electron chi connectivity index (χ1n) is 7.26. The number of furan rings is 1. The molecule has 4 heterocycles. The van der Waals surface area contributed by atoms with Crippen molar-refractivity contribution in [3.63, 3.8) is 0 Å². The van der Waals surface area contributed by atoms with Crippen LogP contribution >= 0.6 is 15.9 Å². The second-order valence-electron chi connectivity index (χ2n) is 5.98. The number of piperidine rings is 1. The molecule has 0 aliphatic carbocycles. The van der Waals surface area contributed by atoms with Gasteiger partial charge in [0.25, 0.3) is 5.91 Å². The quantitative estimate of drug-likeness (QED) is 0.904. The van der Waals surface area contributed by atoms with E-state index in [9.17, 15) is 4.79 Å². The van der Waals surface area contributed by atoms with Crippen LogP contribution in [-0.4, -0.2) is 41.5 Å². The fraction of sp³-hybridized carbons (Fsp3) is 0.467. The average molecular weight is 350 g/mol. The Bertz CT molecular complexity index is 687. The van der Waals surface area contributed by atoms with Gasteiger partial charge in [0.1, 0.15) is 5.69 Å². The van der Waals surface area contributed by atoms with E-state index in [4.69, 9.17) is 4.42 Å². The number of nitrogens with one attached hydrogen (secondary N) is 1. The third-order valence-electron chi connectivity index (χ3n) is 4.41. The highest BCUT2D eigenvalue weighted by molar-refractivity contribution is 9.10. The van der Waals surface area contributed by atoms with Crippen molar-refractivity contribution in [3.05, 3.63) is 28.7 Å². The molecule has 2 bridgehead atoms. The molecular formula is C15H16BrN3O2. The molecule has 0 aromatic carbocycles. The molecule has 1 unspecified atom stereocenters. The Morgan fingerprint density at radius 3 is 3.19 bits per heavy atom. The van der Waals surface area contributed by atoms with E-state index in [1.54, 1.807) is 12.3 Å². The van der Waals surface area contributed by atoms with Gasteiger partial charge in [-0.2, -0.15) is 0 Å². The third kappa shape index (κ3) is 2.58. The fourth-order valence-electron chi connectivity index (χ4n) is 3.46. The number of rotatable bonds is 2. The number of carbonyl (C=O) groups excluding carboxylic acids is 1. The minimum atomic E-state index is -0.0956. The van der Waals surface area contributed by atoms with Gasteiger partial charge in [-0.25, -0.2) is 4.98 Å². The van der Waals surface area contributed by atoms with Crippen LogP contribution in [0, 0.1) is 5.92 Å². The van der Waals surface area contributed by atoms with Crippen molar-refractivity contribution in [2.45, 2.75) is 18.9 Å². The number of nitrogens with zero attached hydrogens (tertiary/aromatic N) is 2. The Balaban J connectivity index is 1.50. The van der Waals surface area contributed by atoms with E-state index in [-0.39, 0.29) is 11.9 Å². The van der Waals surface area contributed by atoms with E-state index in [0.717, 1.165) is 24.3 Å². The van der Waals surface area contributed by atoms with Crippen LogP contribution in [-0.2, 0) is 0 Å². The number of fused-ring (bicyclic) bond motifs is 3. The van der Waals surface area contributed by atoms with Crippen molar-refractivity contribution in [3.8, 4) is 0 Å². The van der Waals surface area contributed by atoms with E-state index in [1.807, 2.05) is 6.07 Å². The third-order valence-corrected chi connectivity index (χ3v) is 4.80. The highest BCUT2D eigenvalue weighted by Crippen LogP contribution is 2.27. The normalized spacial score (nSPS) is 28.0. The molecule has 2 fully saturated rings. The Labute approximate surface area is 130 Å². The lowest BCUT2D eigenvalue weighted by Gasteiger charge is -2.30. The van der Waals surface area contributed by atoms with Crippen LogP contribution in [0.3, 0.4) is 0 Å². The van der Waals surface area contributed by atoms with Crippen LogP contribution in [0.4, 0.5) is 0 Å². The number of hydrogen-bond acceptors (Lipinski definition) is 4. The smallest absolute Gasteiger partial charge is 0.270 e. The zero-order valence-electron chi connectivity index (χ0n) is 11.5. The van der Waals surface area contributed by atoms with Crippen molar-refractivity contribution in [2.24, 2.45) is 5.92 Å². The van der Waals surface area contributed by atoms with E-state index in [0.29, 0.717) is 15.9 Å². The van der Waals surface area contributed by atoms with Crippen molar-refractivity contribution >= 4 is 32.8 Å². The number of aromatic nitrogens is 1. The molecule has 0 spiro atoms. The van der Waals surface area contributed by atoms with Crippen LogP contribution in [0.5, 0.6) is 0 Å². The van der Waals surface area contributed by atoms with Crippen molar-refractivity contribution in [1.29, 1.82) is 0 Å². The van der Waals surface area contributed by atoms with Crippen molar-refractivity contribution < 1.29 is 9.21 Å². The first-order valence-corrected chi connectivity index (χ1v) is 8.05. The van der Waals surface area contributed by atoms with Crippen LogP contribution in [0.2, 0.25) is 0 Å². The molecule has 2 aromatic rings. The van der Waals surface area contributed by atoms with E-state index in [2.05, 4.69) is 31.1 Å². The van der Waals surface area contributed by atoms with Gasteiger partial charge in [-0.3, -0.25) is 4.79 Å². The molecule has 2 aliphatic rings. The van der Waals surface area contributed by atoms with Gasteiger partial charge >= 0.3 is 0 Å². The lowest BCUT2D eigenvalue weighted by atomic mass is 9.97. The van der Waals surface area contributed by atoms with E-state index in [1.165, 1.54) is 19.5 Å². The molecule has 0 radical (unpaired) electrons. The van der Waals surface area contributed by atoms with Gasteiger partial charge in [-0.15, -0.1) is 0 Å². The van der Waals surface area contributed by atoms with Gasteiger partial charge in [0, 0.05) is 24.5 Å². The summed E-state index contributed by atoms with van der Waals surface area (Å²) in [5.74, 6) is 0.644. The maximum absolute atomic E-state index is 12.4. The summed E-state index contributed by atoms with van der Waals surface area (Å²) in [6.45, 7) is 3.33. The molecule has 3 atom stereocenters. The molecule has 110 valence electrons. The van der Waals surface area contributed by atoms with Crippen LogP contribution in [0.15, 0.2) is 27.4 Å². The zero-order valence-corrected chi connectivity index (χ0v) is 13.1. The van der Waals surface area contributed by atoms with E-state index >= 15 is 0 Å². The molecule has 1 amide bonds. The Hall–Kier alpha value is -1.40. The minimum absolute atomic E-state index is 0.0956. The monoisotopic (exact) mass is 349 g/mol. The summed E-state index contributed by atoms with van der Waals surface area (Å²) in [6, 6.07) is 3.86. The highest BCUT2D eigenvalue weighted by Gasteiger charge is 2.33. The molecule has 2 aliphatic heterocycles. The Morgan fingerprint density at radius 1 is 1.43 bits per heavy atom. The van der Waals surface area contributed by atoms with Crippen LogP contribution in [0.25, 0.3) is 11.0 Å². The van der Waals surface area contributed by atoms with Gasteiger partial charge in [-0.05, 0) is 53.4 Å². The summed E-state index contributed by atoms with van der Waals surface area (Å²) < 4.78 is 6.05. The second-order valence-corrected chi connectivity index (χ2v) is 6.76. The molecule has 0 saturated carbocycles. The summed E-state index contributed by atoms with van der Waals surface area (Å²) in [6.07, 6.45) is 3.95. The van der Waals surface area contributed by atoms with Gasteiger partial charge in [0.05, 0.1) is 6.20 Å². The van der Waals surface area contributed by atoms with E-state index < -0.39 is 0 Å². The largest absolute Gasteiger partial charge is 0.448 e. The average Bonchev–Trinajstić information content (AvgIpc) is 2.99. The first kappa shape index (κ1) is 13.3. The van der Waals surface area contributed by atoms with Crippen LogP contribution < -0.4 is 5.32 Å². The molecule has 1 N–H and O–H groups in total. The lowest BCUT2D eigenvalue weighted by molar-refractivity contribution is 0.0904. The van der Waals surface area contributed by atoms with Crippen molar-refractivity contribution in [1.82, 2.24) is 15.2 Å². The number of pyridine rings is 1. The number of carbonyl (C=O) groups is 1. The zero-order chi connectivity index (χ0) is 14.4. The van der Waals surface area contributed by atoms with Gasteiger partial charge in [-0.1, -0.05) is 0 Å². The predicted octanol–water partition coefficient (Wildman–Crippen LogP) is 2.41. The molecule has 21 heavy (non-hydrogen) atoms. The van der Waals surface area contributed by atoms with Gasteiger partial charge < -0.3 is 14.6 Å². The maximum atomic E-state index is 12.4. The number of amides is 1. The Kier molecular flexibility index (Phi) is 3.23. The Morgan fingerprint density at radius 2 is 2.33 bits per heavy atom. The molecule has 4 rings (SSSR count). The summed E-state index contributed by atoms with van der Waals surface area (Å²) in [5.41, 5.74) is 1.13. The molecule has 5 nitrogen and oxygen atoms in total. The summed E-state index contributed by atoms with van der Waals surface area (Å²) >= 11 is 3.29. The number of halogens is 1. The molecule has 2 saturated heterocycles. The van der Waals surface area contributed by atoms with Gasteiger partial charge in [0.2, 0.25) is 0 Å². The lowest BCUT2D eigenvalue weighted by Crippen LogP contribution is -2.47. The first-order chi connectivity index (χ1) is 10.2. The summed E-state index contributed by atoms with van der Waals surface area (Å²) in [4.78, 5) is 19.0. The predicted molar refractivity (Wildman–Crippen MR) is 82.1 cm³/mol. The SMILES string of the molecule is O=C(N[C@@H]1C[C@H]2CCN(C2)C1)c1cc2cc(Br)oc2cn1. The standard InChI is InChI=1S/C15H16BrN3O2/c16-14-5-10-4-12(17-6-13(10)21-14)15(20)18-11-3-9-1-2-19(7-9)8-11/h4-6,9,11H,1-3,7-8H2,(H,18,20)/t9-,11-/m1/s1. The maximum Gasteiger partial charge on any atom is 0.270 e. The minimum Gasteiger partial charge on any atom is -0.448 e. The number of hydrogen-bond donors (Lipinski definition) is 1. The fourth-order valence-corrected chi connectivity index (χ4v) is 3.88. The summed E-state index contributed by atoms with van der Waals surface area (Å²) in [7, 11) is 0. The molecule has 6 heteroatoms. The molecular weight excluding hydrogens is 334 g/mol. The highest BCUT2D eigenvalue weighted by atomic mass is 79.9. The van der Waals surface area contributed by atoms with Crippen LogP contribution in [0.1, 0.15) is 23.3 Å². The molecule has 2 aromatic heterocycles. The van der Waals surface area contributed by atoms with Gasteiger partial charge in [0.15, 0.2) is 10.3 Å². The summed E-state index contributed by atoms with van der Waals surface area (Å²) in [5, 5.41) is 4.01.